The number of nitrogens with zero attached hydrogens (tertiary/aromatic N) is 3. The summed E-state index contributed by atoms with van der Waals surface area (Å²) in [5, 5.41) is 8.03. The first kappa shape index (κ1) is 15.5. The lowest BCUT2D eigenvalue weighted by Gasteiger charge is -2.46. The van der Waals surface area contributed by atoms with Crippen molar-refractivity contribution in [3.63, 3.8) is 0 Å². The van der Waals surface area contributed by atoms with Crippen LogP contribution < -0.4 is 5.32 Å². The molecule has 1 saturated heterocycles. The largest absolute Gasteiger partial charge is 0.310 e. The Balaban J connectivity index is 2.22. The van der Waals surface area contributed by atoms with E-state index >= 15 is 0 Å². The van der Waals surface area contributed by atoms with E-state index in [4.69, 9.17) is 0 Å². The molecule has 1 atom stereocenters. The molecule has 4 nitrogen and oxygen atoms in total. The van der Waals surface area contributed by atoms with Crippen LogP contribution in [-0.2, 0) is 6.54 Å². The Hall–Kier alpha value is -0.870. The van der Waals surface area contributed by atoms with Crippen LogP contribution in [0.4, 0.5) is 0 Å². The minimum absolute atomic E-state index is 0.112. The van der Waals surface area contributed by atoms with Gasteiger partial charge in [0.25, 0.3) is 0 Å². The molecule has 4 heteroatoms. The first-order chi connectivity index (χ1) is 9.61. The Morgan fingerprint density at radius 1 is 1.30 bits per heavy atom. The average molecular weight is 278 g/mol. The van der Waals surface area contributed by atoms with E-state index in [9.17, 15) is 0 Å². The van der Waals surface area contributed by atoms with Gasteiger partial charge in [-0.3, -0.25) is 9.58 Å². The molecular formula is C16H30N4. The van der Waals surface area contributed by atoms with E-state index in [0.29, 0.717) is 6.04 Å². The van der Waals surface area contributed by atoms with Gasteiger partial charge in [0, 0.05) is 18.3 Å². The molecule has 20 heavy (non-hydrogen) atoms. The van der Waals surface area contributed by atoms with Crippen molar-refractivity contribution in [2.75, 3.05) is 20.1 Å². The summed E-state index contributed by atoms with van der Waals surface area (Å²) in [5.41, 5.74) is 1.42. The number of rotatable bonds is 6. The third-order valence-electron chi connectivity index (χ3n) is 4.65. The standard InChI is InChI=1S/C16H30N4/c1-5-11-20-14(9-10-18-20)15(17-4)16(2,3)19-12-7-6-8-13-19/h9-10,15,17H,5-8,11-13H2,1-4H3. The molecule has 1 aromatic heterocycles. The molecule has 1 unspecified atom stereocenters. The second-order valence-electron chi connectivity index (χ2n) is 6.40. The van der Waals surface area contributed by atoms with Crippen molar-refractivity contribution in [1.82, 2.24) is 20.0 Å². The molecule has 0 aliphatic carbocycles. The monoisotopic (exact) mass is 278 g/mol. The van der Waals surface area contributed by atoms with Gasteiger partial charge in [-0.05, 0) is 59.3 Å². The SMILES string of the molecule is CCCn1nccc1C(NC)C(C)(C)N1CCCCC1. The topological polar surface area (TPSA) is 33.1 Å². The molecule has 1 N–H and O–H groups in total. The van der Waals surface area contributed by atoms with Crippen LogP contribution in [0.15, 0.2) is 12.3 Å². The normalized spacial score (nSPS) is 19.2. The van der Waals surface area contributed by atoms with E-state index in [1.807, 2.05) is 6.20 Å². The highest BCUT2D eigenvalue weighted by molar-refractivity contribution is 5.14. The van der Waals surface area contributed by atoms with Gasteiger partial charge in [-0.1, -0.05) is 13.3 Å². The van der Waals surface area contributed by atoms with Crippen molar-refractivity contribution >= 4 is 0 Å². The molecule has 2 rings (SSSR count). The zero-order chi connectivity index (χ0) is 14.6. The van der Waals surface area contributed by atoms with Crippen LogP contribution in [0.2, 0.25) is 0 Å². The highest BCUT2D eigenvalue weighted by Crippen LogP contribution is 2.32. The molecule has 1 aliphatic heterocycles. The fourth-order valence-corrected chi connectivity index (χ4v) is 3.50. The van der Waals surface area contributed by atoms with E-state index < -0.39 is 0 Å². The molecule has 0 amide bonds. The molecule has 0 bridgehead atoms. The van der Waals surface area contributed by atoms with Gasteiger partial charge in [0.2, 0.25) is 0 Å². The fourth-order valence-electron chi connectivity index (χ4n) is 3.50. The van der Waals surface area contributed by atoms with Crippen molar-refractivity contribution < 1.29 is 0 Å². The number of hydrogen-bond donors (Lipinski definition) is 1. The van der Waals surface area contributed by atoms with Gasteiger partial charge >= 0.3 is 0 Å². The number of nitrogens with one attached hydrogen (secondary N) is 1. The molecule has 114 valence electrons. The number of aromatic nitrogens is 2. The summed E-state index contributed by atoms with van der Waals surface area (Å²) in [6.45, 7) is 10.4. The van der Waals surface area contributed by atoms with E-state index in [1.165, 1.54) is 38.0 Å². The van der Waals surface area contributed by atoms with Crippen molar-refractivity contribution in [2.45, 2.75) is 64.6 Å². The lowest BCUT2D eigenvalue weighted by molar-refractivity contribution is 0.0604. The van der Waals surface area contributed by atoms with E-state index in [2.05, 4.69) is 53.9 Å². The van der Waals surface area contributed by atoms with Gasteiger partial charge in [0.1, 0.15) is 0 Å². The minimum atomic E-state index is 0.112. The Morgan fingerprint density at radius 2 is 2.00 bits per heavy atom. The highest BCUT2D eigenvalue weighted by atomic mass is 15.3. The van der Waals surface area contributed by atoms with Crippen LogP contribution in [-0.4, -0.2) is 40.4 Å². The maximum atomic E-state index is 4.49. The molecule has 2 heterocycles. The van der Waals surface area contributed by atoms with Crippen LogP contribution in [0, 0.1) is 0 Å². The van der Waals surface area contributed by atoms with Gasteiger partial charge in [-0.2, -0.15) is 5.10 Å². The van der Waals surface area contributed by atoms with Gasteiger partial charge in [-0.25, -0.2) is 0 Å². The van der Waals surface area contributed by atoms with Crippen LogP contribution in [0.25, 0.3) is 0 Å². The number of hydrogen-bond acceptors (Lipinski definition) is 3. The summed E-state index contributed by atoms with van der Waals surface area (Å²) in [5.74, 6) is 0. The Morgan fingerprint density at radius 3 is 2.60 bits per heavy atom. The van der Waals surface area contributed by atoms with Crippen molar-refractivity contribution in [2.24, 2.45) is 0 Å². The second-order valence-corrected chi connectivity index (χ2v) is 6.40. The predicted molar refractivity (Wildman–Crippen MR) is 83.8 cm³/mol. The van der Waals surface area contributed by atoms with Crippen LogP contribution in [0.1, 0.15) is 58.2 Å². The first-order valence-corrected chi connectivity index (χ1v) is 8.05. The Kier molecular flexibility index (Phi) is 5.22. The molecule has 0 spiro atoms. The van der Waals surface area contributed by atoms with Gasteiger partial charge in [-0.15, -0.1) is 0 Å². The predicted octanol–water partition coefficient (Wildman–Crippen LogP) is 2.82. The Labute approximate surface area is 123 Å². The van der Waals surface area contributed by atoms with E-state index in [1.54, 1.807) is 0 Å². The molecular weight excluding hydrogens is 248 g/mol. The van der Waals surface area contributed by atoms with Crippen LogP contribution in [0.3, 0.4) is 0 Å². The summed E-state index contributed by atoms with van der Waals surface area (Å²) in [6.07, 6.45) is 7.09. The van der Waals surface area contributed by atoms with Crippen LogP contribution >= 0.6 is 0 Å². The molecule has 0 aromatic carbocycles. The summed E-state index contributed by atoms with van der Waals surface area (Å²) in [6, 6.07) is 2.48. The first-order valence-electron chi connectivity index (χ1n) is 8.05. The van der Waals surface area contributed by atoms with E-state index in [0.717, 1.165) is 13.0 Å². The maximum Gasteiger partial charge on any atom is 0.0671 e. The fraction of sp³-hybridized carbons (Fsp3) is 0.812. The summed E-state index contributed by atoms with van der Waals surface area (Å²) in [4.78, 5) is 2.64. The highest BCUT2D eigenvalue weighted by Gasteiger charge is 2.37. The molecule has 1 aromatic rings. The van der Waals surface area contributed by atoms with Crippen LogP contribution in [0.5, 0.6) is 0 Å². The molecule has 0 saturated carbocycles. The van der Waals surface area contributed by atoms with Crippen molar-refractivity contribution in [3.05, 3.63) is 18.0 Å². The summed E-state index contributed by atoms with van der Waals surface area (Å²) in [7, 11) is 2.07. The van der Waals surface area contributed by atoms with E-state index in [-0.39, 0.29) is 5.54 Å². The smallest absolute Gasteiger partial charge is 0.0671 e. The number of piperidine rings is 1. The van der Waals surface area contributed by atoms with Crippen molar-refractivity contribution in [1.29, 1.82) is 0 Å². The van der Waals surface area contributed by atoms with Gasteiger partial charge < -0.3 is 5.32 Å². The zero-order valence-electron chi connectivity index (χ0n) is 13.5. The summed E-state index contributed by atoms with van der Waals surface area (Å²) < 4.78 is 2.16. The third kappa shape index (κ3) is 3.07. The summed E-state index contributed by atoms with van der Waals surface area (Å²) >= 11 is 0. The minimum Gasteiger partial charge on any atom is -0.310 e. The molecule has 1 fully saturated rings. The average Bonchev–Trinajstić information content (AvgIpc) is 2.89. The maximum absolute atomic E-state index is 4.49. The third-order valence-corrected chi connectivity index (χ3v) is 4.65. The zero-order valence-corrected chi connectivity index (χ0v) is 13.5. The lowest BCUT2D eigenvalue weighted by Crippen LogP contribution is -2.54. The number of aryl methyl sites for hydroxylation is 1. The van der Waals surface area contributed by atoms with Gasteiger partial charge in [0.05, 0.1) is 11.7 Å². The molecule has 0 radical (unpaired) electrons. The quantitative estimate of drug-likeness (QED) is 0.868. The number of likely N-dealkylation sites (tertiary alicyclic amines) is 1. The van der Waals surface area contributed by atoms with Crippen molar-refractivity contribution in [3.8, 4) is 0 Å². The lowest BCUT2D eigenvalue weighted by atomic mass is 9.88. The Bertz CT molecular complexity index is 404. The second kappa shape index (κ2) is 6.72. The van der Waals surface area contributed by atoms with Gasteiger partial charge in [0.15, 0.2) is 0 Å². The number of likely N-dealkylation sites (N-methyl/N-ethyl adjacent to an activating group) is 1. The molecule has 1 aliphatic rings.